The number of carboxylic acids is 1. The number of benzene rings is 4. The average Bonchev–Trinajstić information content (AvgIpc) is 1.79. The lowest BCUT2D eigenvalue weighted by Crippen LogP contribution is -2.67. The van der Waals surface area contributed by atoms with Crippen LogP contribution in [0.1, 0.15) is 134 Å². The fraction of sp³-hybridized carbons (Fsp3) is 0.478. The van der Waals surface area contributed by atoms with E-state index in [2.05, 4.69) is 79.1 Å². The lowest BCUT2D eigenvalue weighted by Gasteiger charge is -2.39. The van der Waals surface area contributed by atoms with Crippen molar-refractivity contribution in [2.45, 2.75) is 226 Å². The number of carbonyl (C=O) groups excluding carboxylic acids is 17. The minimum Gasteiger partial charge on any atom is -0.492 e. The van der Waals surface area contributed by atoms with Crippen LogP contribution in [0.2, 0.25) is 0 Å². The Morgan fingerprint density at radius 3 is 1.88 bits per heavy atom. The van der Waals surface area contributed by atoms with Gasteiger partial charge >= 0.3 is 5.97 Å². The SMILES string of the molecule is CC(=O)NCCCC[C@@H]1NC(=O)C(Cc2c[nH]c3c(C)cccc23)NC(=O)[C@H]([C@@H](C)O)NC(=O)C(CC(N)=O)NC(=O)C(NC(C)=O)C(C)(C)SSC(C)(C)C(C(=O)N[C@@H](Cc2ccc(OCCN)cc2)C(=O)N[C@@H](Cc2ccc3ccccc3c2)C(=O)NC2(C(=O)N[C@@H](CCC(=O)O)C(=O)N[C@@H](CC(N)=O)C(=O)N[C@@H](Cc3cccnc3)C(=O)N(C)CC(N)=O)CCOCC2)NC1=O. The fourth-order valence-electron chi connectivity index (χ4n) is 15.1. The second-order valence-corrected chi connectivity index (χ2v) is 37.6. The standard InChI is InChI=1S/C90H120N20O22S2/c1-48-16-14-20-59-57(46-97-72(48)59)42-64-79(122)99-60(21-12-13-34-96-50(3)112)77(120)108-75(89(7,8)134-133-88(5,6)74(98-51(4)113)84(127)104-66(44-69(93)115)81(124)107-73(49(2)111)83(126)102-64)85(128)103-62(39-52-23-26-58(27-24-52)132-37-32-91)78(121)100-63(40-53-22-25-55-18-10-11-19-56(55)38-53)82(125)109-90(30-35-131-36-31-90)87(130)106-61(28-29-71(117)118)76(119)101-65(43-68(92)114)80(123)105-67(41-54-17-15-33-95-45-54)86(129)110(9)47-70(94)116/h10-11,14-20,22-27,33,38,45-46,49,60-67,73-75,97,111H,12-13,21,28-32,34-37,39-44,47,91H2,1-9H3,(H2,92,114)(H2,93,115)(H2,94,116)(H,96,112)(H,98,113)(H,99,122)(H,100,121)(H,101,119)(H,102,126)(H,103,128)(H,104,127)(H,105,123)(H,106,130)(H,107,124)(H,108,120)(H,109,125)(H,117,118)/t49-,60+,61+,62+,63+,64?,65+,66?,67+,73+,74?,75?/m1/s1. The molecule has 12 atom stereocenters. The number of aliphatic carboxylic acids is 1. The highest BCUT2D eigenvalue weighted by Gasteiger charge is 2.49. The maximum Gasteiger partial charge on any atom is 0.303 e. The number of H-pyrrole nitrogens is 1. The lowest BCUT2D eigenvalue weighted by atomic mass is 9.87. The number of pyridine rings is 1. The average molecular weight is 1900 g/mol. The van der Waals surface area contributed by atoms with E-state index < -0.39 is 227 Å². The molecule has 2 fully saturated rings. The Kier molecular flexibility index (Phi) is 39.1. The Hall–Kier alpha value is -13.3. The van der Waals surface area contributed by atoms with Gasteiger partial charge in [0.25, 0.3) is 0 Å². The van der Waals surface area contributed by atoms with E-state index in [9.17, 15) is 67.7 Å². The Morgan fingerprint density at radius 2 is 1.24 bits per heavy atom. The number of nitrogens with two attached hydrogens (primary N) is 4. The molecule has 0 spiro atoms. The van der Waals surface area contributed by atoms with Crippen LogP contribution in [0.25, 0.3) is 21.7 Å². The summed E-state index contributed by atoms with van der Waals surface area (Å²) in [6.45, 7) is 10.7. The van der Waals surface area contributed by atoms with Crippen LogP contribution in [0, 0.1) is 6.92 Å². The number of carbonyl (C=O) groups is 18. The van der Waals surface area contributed by atoms with Crippen molar-refractivity contribution in [1.82, 2.24) is 84.0 Å². The lowest BCUT2D eigenvalue weighted by molar-refractivity contribution is -0.142. The van der Waals surface area contributed by atoms with Crippen molar-refractivity contribution in [3.8, 4) is 5.75 Å². The molecule has 0 aliphatic carbocycles. The van der Waals surface area contributed by atoms with Gasteiger partial charge in [-0.2, -0.15) is 0 Å². The highest BCUT2D eigenvalue weighted by Crippen LogP contribution is 2.47. The Bertz CT molecular complexity index is 5270. The predicted molar refractivity (Wildman–Crippen MR) is 494 cm³/mol. The number of aliphatic hydroxyl groups is 1. The molecule has 6 aromatic rings. The fourth-order valence-corrected chi connectivity index (χ4v) is 18.0. The first kappa shape index (κ1) is 106. The van der Waals surface area contributed by atoms with E-state index in [0.717, 1.165) is 51.3 Å². The van der Waals surface area contributed by atoms with Gasteiger partial charge in [-0.3, -0.25) is 91.3 Å². The van der Waals surface area contributed by atoms with Crippen molar-refractivity contribution in [2.75, 3.05) is 46.5 Å². The summed E-state index contributed by atoms with van der Waals surface area (Å²) in [7, 11) is 3.01. The number of para-hydroxylation sites is 1. The van der Waals surface area contributed by atoms with E-state index in [1.807, 2.05) is 19.1 Å². The minimum absolute atomic E-state index is 0.0903. The van der Waals surface area contributed by atoms with Crippen molar-refractivity contribution in [3.63, 3.8) is 0 Å². The third-order valence-corrected chi connectivity index (χ3v) is 26.6. The summed E-state index contributed by atoms with van der Waals surface area (Å²) < 4.78 is 8.25. The number of aromatic nitrogens is 2. The van der Waals surface area contributed by atoms with Crippen molar-refractivity contribution in [3.05, 3.63) is 143 Å². The number of rotatable bonds is 40. The number of fused-ring (bicyclic) bond motifs is 2. The summed E-state index contributed by atoms with van der Waals surface area (Å²) >= 11 is 0. The van der Waals surface area contributed by atoms with Crippen molar-refractivity contribution >= 4 is 150 Å². The molecular formula is C90H120N20O22S2. The molecule has 24 N–H and O–H groups in total. The van der Waals surface area contributed by atoms with E-state index in [1.54, 1.807) is 91.1 Å². The summed E-state index contributed by atoms with van der Waals surface area (Å²) in [5, 5.41) is 57.7. The first-order chi connectivity index (χ1) is 63.4. The van der Waals surface area contributed by atoms with Gasteiger partial charge in [-0.25, -0.2) is 0 Å². The molecule has 134 heavy (non-hydrogen) atoms. The van der Waals surface area contributed by atoms with E-state index >= 15 is 28.8 Å². The quantitative estimate of drug-likeness (QED) is 0.0144. The van der Waals surface area contributed by atoms with Crippen molar-refractivity contribution in [1.29, 1.82) is 0 Å². The molecule has 2 saturated heterocycles. The van der Waals surface area contributed by atoms with Gasteiger partial charge in [-0.15, -0.1) is 0 Å². The van der Waals surface area contributed by atoms with Gasteiger partial charge in [0.15, 0.2) is 0 Å². The largest absolute Gasteiger partial charge is 0.492 e. The maximum absolute atomic E-state index is 16.4. The summed E-state index contributed by atoms with van der Waals surface area (Å²) in [4.78, 5) is 266. The van der Waals surface area contributed by atoms with Crippen molar-refractivity contribution in [2.24, 2.45) is 22.9 Å². The number of ether oxygens (including phenoxy) is 2. The van der Waals surface area contributed by atoms with E-state index in [4.69, 9.17) is 32.4 Å². The Labute approximate surface area is 780 Å². The number of primary amides is 3. The number of likely N-dealkylation sites (N-methyl/N-ethyl adjacent to an activating group) is 1. The van der Waals surface area contributed by atoms with E-state index in [1.165, 1.54) is 54.1 Å². The molecule has 4 aromatic carbocycles. The minimum atomic E-state index is -2.10. The first-order valence-electron chi connectivity index (χ1n) is 43.5. The van der Waals surface area contributed by atoms with Crippen LogP contribution >= 0.6 is 21.6 Å². The Balaban J connectivity index is 1.22. The number of hydrogen-bond acceptors (Lipinski definition) is 25. The Morgan fingerprint density at radius 1 is 0.627 bits per heavy atom. The summed E-state index contributed by atoms with van der Waals surface area (Å²) in [5.41, 5.74) is 23.5. The molecule has 17 amide bonds. The number of carboxylic acid groups (broad SMARTS) is 1. The predicted octanol–water partition coefficient (Wildman–Crippen LogP) is -2.15. The molecule has 2 aromatic heterocycles. The number of aryl methyl sites for hydroxylation is 1. The number of nitrogens with one attached hydrogen (secondary N) is 14. The van der Waals surface area contributed by atoms with E-state index in [-0.39, 0.29) is 90.2 Å². The second kappa shape index (κ2) is 49.4. The number of aliphatic hydroxyl groups excluding tert-OH is 1. The third kappa shape index (κ3) is 31.4. The topological polar surface area (TPSA) is 659 Å². The van der Waals surface area contributed by atoms with Crippen LogP contribution in [0.4, 0.5) is 0 Å². The van der Waals surface area contributed by atoms with Crippen LogP contribution < -0.4 is 96.8 Å². The molecule has 0 bridgehead atoms. The number of nitrogens with zero attached hydrogens (tertiary/aromatic N) is 2. The van der Waals surface area contributed by atoms with E-state index in [0.29, 0.717) is 44.3 Å². The highest BCUT2D eigenvalue weighted by molar-refractivity contribution is 8.77. The number of aromatic amines is 1. The molecular weight excluding hydrogens is 1780 g/mol. The third-order valence-electron chi connectivity index (χ3n) is 22.4. The summed E-state index contributed by atoms with van der Waals surface area (Å²) in [5.74, 6) is -18.6. The smallest absolute Gasteiger partial charge is 0.303 e. The number of unbranched alkanes of at least 4 members (excludes halogenated alkanes) is 1. The van der Waals surface area contributed by atoms with Crippen LogP contribution in [-0.4, -0.2) is 266 Å². The molecule has 4 heterocycles. The van der Waals surface area contributed by atoms with Gasteiger partial charge in [0.05, 0.1) is 25.5 Å². The van der Waals surface area contributed by atoms with Crippen LogP contribution in [-0.2, 0) is 117 Å². The molecule has 2 aliphatic heterocycles. The molecule has 8 rings (SSSR count). The van der Waals surface area contributed by atoms with Crippen LogP contribution in [0.15, 0.2) is 116 Å². The zero-order chi connectivity index (χ0) is 98.5. The zero-order valence-electron chi connectivity index (χ0n) is 75.9. The summed E-state index contributed by atoms with van der Waals surface area (Å²) in [6, 6.07) is 7.53. The highest BCUT2D eigenvalue weighted by atomic mass is 33.1. The maximum atomic E-state index is 16.4. The van der Waals surface area contributed by atoms with Crippen molar-refractivity contribution < 1.29 is 106 Å². The summed E-state index contributed by atoms with van der Waals surface area (Å²) in [6.07, 6.45) is -2.62. The molecule has 4 unspecified atom stereocenters. The molecule has 0 saturated carbocycles. The monoisotopic (exact) mass is 1900 g/mol. The molecule has 724 valence electrons. The van der Waals surface area contributed by atoms with Gasteiger partial charge in [0.1, 0.15) is 84.4 Å². The molecule has 2 aliphatic rings. The zero-order valence-corrected chi connectivity index (χ0v) is 77.5. The molecule has 0 radical (unpaired) electrons. The first-order valence-corrected chi connectivity index (χ1v) is 45.7. The normalized spacial score (nSPS) is 19.5. The van der Waals surface area contributed by atoms with Gasteiger partial charge in [-0.1, -0.05) is 100 Å². The van der Waals surface area contributed by atoms with Crippen LogP contribution in [0.5, 0.6) is 5.75 Å². The van der Waals surface area contributed by atoms with Gasteiger partial charge < -0.3 is 122 Å². The second-order valence-electron chi connectivity index (χ2n) is 34.2. The molecule has 42 nitrogen and oxygen atoms in total. The number of hydrogen-bond donors (Lipinski definition) is 20. The van der Waals surface area contributed by atoms with Gasteiger partial charge in [0, 0.05) is 131 Å². The number of amides is 17. The van der Waals surface area contributed by atoms with Crippen LogP contribution in [0.3, 0.4) is 0 Å². The molecule has 44 heteroatoms. The van der Waals surface area contributed by atoms with Gasteiger partial charge in [-0.05, 0) is 124 Å². The van der Waals surface area contributed by atoms with Gasteiger partial charge in [0.2, 0.25) is 100 Å².